The number of Topliss-reactive ketones (excluding diaryl/α,β-unsaturated/α-hetero) is 1. The summed E-state index contributed by atoms with van der Waals surface area (Å²) < 4.78 is 2.06. The quantitative estimate of drug-likeness (QED) is 0.258. The SMILES string of the molecule is CCCCc1ncc(C(=O)CCCO)n1Cc1ccc(-c2cccc(-c3ccccc3)c2)cc1.O=C=O. The second-order valence-corrected chi connectivity index (χ2v) is 8.73. The van der Waals surface area contributed by atoms with E-state index in [1.165, 1.54) is 16.7 Å². The first kappa shape index (κ1) is 27.5. The molecule has 0 aliphatic heterocycles. The lowest BCUT2D eigenvalue weighted by molar-refractivity contribution is -0.191. The van der Waals surface area contributed by atoms with Gasteiger partial charge in [-0.05, 0) is 46.7 Å². The average molecular weight is 497 g/mol. The zero-order valence-electron chi connectivity index (χ0n) is 21.1. The minimum Gasteiger partial charge on any atom is -0.396 e. The van der Waals surface area contributed by atoms with E-state index in [-0.39, 0.29) is 18.5 Å². The molecule has 6 heteroatoms. The van der Waals surface area contributed by atoms with E-state index >= 15 is 0 Å². The van der Waals surface area contributed by atoms with Gasteiger partial charge < -0.3 is 9.67 Å². The molecule has 4 aromatic rings. The highest BCUT2D eigenvalue weighted by Crippen LogP contribution is 2.27. The molecule has 1 aromatic heterocycles. The number of aromatic nitrogens is 2. The standard InChI is InChI=1S/C30H32N2O2.CO2/c1-2-3-14-30-31-21-28(29(34)13-8-19-33)32(30)22-23-15-17-25(18-16-23)27-12-7-11-26(20-27)24-9-5-4-6-10-24;2-1-3/h4-7,9-12,15-18,20-21,33H,2-3,8,13-14,19,22H2,1H3;. The van der Waals surface area contributed by atoms with Crippen molar-refractivity contribution < 1.29 is 19.5 Å². The number of carbonyl (C=O) groups excluding carboxylic acids is 3. The van der Waals surface area contributed by atoms with Gasteiger partial charge in [0.2, 0.25) is 0 Å². The molecule has 0 atom stereocenters. The Morgan fingerprint density at radius 1 is 0.865 bits per heavy atom. The number of aryl methyl sites for hydroxylation is 1. The maximum absolute atomic E-state index is 12.7. The lowest BCUT2D eigenvalue weighted by Gasteiger charge is -2.13. The lowest BCUT2D eigenvalue weighted by atomic mass is 9.98. The third kappa shape index (κ3) is 7.68. The Morgan fingerprint density at radius 2 is 1.49 bits per heavy atom. The van der Waals surface area contributed by atoms with Crippen molar-refractivity contribution in [3.8, 4) is 22.3 Å². The topological polar surface area (TPSA) is 89.3 Å². The zero-order chi connectivity index (χ0) is 26.5. The Balaban J connectivity index is 0.00000121. The summed E-state index contributed by atoms with van der Waals surface area (Å²) >= 11 is 0. The van der Waals surface area contributed by atoms with Crippen LogP contribution in [0.3, 0.4) is 0 Å². The van der Waals surface area contributed by atoms with Crippen LogP contribution in [0.4, 0.5) is 0 Å². The van der Waals surface area contributed by atoms with Gasteiger partial charge in [0.25, 0.3) is 0 Å². The minimum absolute atomic E-state index is 0.0233. The number of unbranched alkanes of at least 4 members (excludes halogenated alkanes) is 1. The number of carbonyl (C=O) groups is 1. The number of hydrogen-bond acceptors (Lipinski definition) is 5. The molecule has 0 aliphatic carbocycles. The summed E-state index contributed by atoms with van der Waals surface area (Å²) in [6, 6.07) is 27.6. The molecule has 0 saturated carbocycles. The van der Waals surface area contributed by atoms with Crippen LogP contribution in [0.1, 0.15) is 54.5 Å². The summed E-state index contributed by atoms with van der Waals surface area (Å²) in [7, 11) is 0. The molecule has 0 fully saturated rings. The van der Waals surface area contributed by atoms with Gasteiger partial charge in [0.1, 0.15) is 11.5 Å². The fraction of sp³-hybridized carbons (Fsp3) is 0.258. The first-order valence-corrected chi connectivity index (χ1v) is 12.5. The Labute approximate surface area is 217 Å². The summed E-state index contributed by atoms with van der Waals surface area (Å²) in [6.45, 7) is 2.80. The van der Waals surface area contributed by atoms with Crippen molar-refractivity contribution in [3.05, 3.63) is 102 Å². The zero-order valence-corrected chi connectivity index (χ0v) is 21.1. The highest BCUT2D eigenvalue weighted by atomic mass is 16.3. The maximum Gasteiger partial charge on any atom is 0.373 e. The van der Waals surface area contributed by atoms with Crippen LogP contribution in [-0.2, 0) is 22.6 Å². The van der Waals surface area contributed by atoms with Crippen LogP contribution in [0.25, 0.3) is 22.3 Å². The van der Waals surface area contributed by atoms with Crippen LogP contribution < -0.4 is 0 Å². The molecule has 37 heavy (non-hydrogen) atoms. The van der Waals surface area contributed by atoms with Gasteiger partial charge in [-0.15, -0.1) is 0 Å². The summed E-state index contributed by atoms with van der Waals surface area (Å²) in [5.41, 5.74) is 6.53. The normalized spacial score (nSPS) is 10.3. The van der Waals surface area contributed by atoms with E-state index in [0.717, 1.165) is 36.2 Å². The van der Waals surface area contributed by atoms with Crippen molar-refractivity contribution in [1.29, 1.82) is 0 Å². The van der Waals surface area contributed by atoms with E-state index in [9.17, 15) is 4.79 Å². The van der Waals surface area contributed by atoms with Crippen molar-refractivity contribution in [1.82, 2.24) is 9.55 Å². The summed E-state index contributed by atoms with van der Waals surface area (Å²) in [4.78, 5) is 33.5. The number of hydrogen-bond donors (Lipinski definition) is 1. The van der Waals surface area contributed by atoms with Crippen molar-refractivity contribution in [2.45, 2.75) is 45.6 Å². The second kappa shape index (κ2) is 14.4. The van der Waals surface area contributed by atoms with Gasteiger partial charge in [0, 0.05) is 26.0 Å². The summed E-state index contributed by atoms with van der Waals surface area (Å²) in [5, 5.41) is 9.12. The average Bonchev–Trinajstić information content (AvgIpc) is 3.34. The second-order valence-electron chi connectivity index (χ2n) is 8.73. The van der Waals surface area contributed by atoms with Crippen LogP contribution in [0.2, 0.25) is 0 Å². The van der Waals surface area contributed by atoms with E-state index in [1.54, 1.807) is 6.20 Å². The third-order valence-corrected chi connectivity index (χ3v) is 6.14. The maximum atomic E-state index is 12.7. The molecule has 0 saturated heterocycles. The van der Waals surface area contributed by atoms with Crippen LogP contribution in [0.5, 0.6) is 0 Å². The first-order chi connectivity index (χ1) is 18.1. The highest BCUT2D eigenvalue weighted by Gasteiger charge is 2.16. The highest BCUT2D eigenvalue weighted by molar-refractivity contribution is 5.94. The number of aliphatic hydroxyl groups excluding tert-OH is 1. The molecule has 1 N–H and O–H groups in total. The van der Waals surface area contributed by atoms with Crippen LogP contribution in [0.15, 0.2) is 85.1 Å². The molecule has 0 unspecified atom stereocenters. The van der Waals surface area contributed by atoms with Gasteiger partial charge in [-0.1, -0.05) is 86.1 Å². The molecular formula is C31H32N2O4. The molecule has 190 valence electrons. The molecule has 3 aromatic carbocycles. The number of aliphatic hydroxyl groups is 1. The number of ketones is 1. The molecule has 4 rings (SSSR count). The molecule has 0 aliphatic rings. The fourth-order valence-corrected chi connectivity index (χ4v) is 4.21. The fourth-order valence-electron chi connectivity index (χ4n) is 4.21. The number of nitrogens with zero attached hydrogens (tertiary/aromatic N) is 2. The van der Waals surface area contributed by atoms with Crippen molar-refractivity contribution >= 4 is 11.9 Å². The van der Waals surface area contributed by atoms with Crippen LogP contribution >= 0.6 is 0 Å². The van der Waals surface area contributed by atoms with Gasteiger partial charge in [0.15, 0.2) is 5.78 Å². The molecule has 1 heterocycles. The van der Waals surface area contributed by atoms with Gasteiger partial charge >= 0.3 is 6.15 Å². The van der Waals surface area contributed by atoms with E-state index in [1.807, 2.05) is 6.07 Å². The van der Waals surface area contributed by atoms with Crippen molar-refractivity contribution in [2.24, 2.45) is 0 Å². The molecule has 0 radical (unpaired) electrons. The van der Waals surface area contributed by atoms with Crippen LogP contribution in [-0.4, -0.2) is 33.2 Å². The summed E-state index contributed by atoms with van der Waals surface area (Å²) in [6.07, 6.45) is 5.74. The Hall–Kier alpha value is -4.12. The predicted octanol–water partition coefficient (Wildman–Crippen LogP) is 5.98. The molecule has 0 bridgehead atoms. The van der Waals surface area contributed by atoms with Gasteiger partial charge in [-0.2, -0.15) is 9.59 Å². The van der Waals surface area contributed by atoms with E-state index in [0.29, 0.717) is 25.1 Å². The Kier molecular flexibility index (Phi) is 10.7. The van der Waals surface area contributed by atoms with Crippen LogP contribution in [0, 0.1) is 0 Å². The molecule has 0 spiro atoms. The van der Waals surface area contributed by atoms with E-state index < -0.39 is 0 Å². The van der Waals surface area contributed by atoms with Gasteiger partial charge in [0.05, 0.1) is 6.20 Å². The molecule has 0 amide bonds. The summed E-state index contributed by atoms with van der Waals surface area (Å²) in [5.74, 6) is 0.993. The van der Waals surface area contributed by atoms with Gasteiger partial charge in [-0.3, -0.25) is 4.79 Å². The third-order valence-electron chi connectivity index (χ3n) is 6.14. The first-order valence-electron chi connectivity index (χ1n) is 12.5. The monoisotopic (exact) mass is 496 g/mol. The van der Waals surface area contributed by atoms with Crippen molar-refractivity contribution in [3.63, 3.8) is 0 Å². The largest absolute Gasteiger partial charge is 0.396 e. The predicted molar refractivity (Wildman–Crippen MR) is 143 cm³/mol. The van der Waals surface area contributed by atoms with Crippen molar-refractivity contribution in [2.75, 3.05) is 6.61 Å². The minimum atomic E-state index is 0.0233. The smallest absolute Gasteiger partial charge is 0.373 e. The molecule has 6 nitrogen and oxygen atoms in total. The Morgan fingerprint density at radius 3 is 2.11 bits per heavy atom. The van der Waals surface area contributed by atoms with E-state index in [4.69, 9.17) is 14.7 Å². The Bertz CT molecular complexity index is 1300. The lowest BCUT2D eigenvalue weighted by Crippen LogP contribution is -2.13. The van der Waals surface area contributed by atoms with Gasteiger partial charge in [-0.25, -0.2) is 4.98 Å². The number of imidazole rings is 1. The van der Waals surface area contributed by atoms with E-state index in [2.05, 4.69) is 89.3 Å². The molecular weight excluding hydrogens is 464 g/mol. The number of rotatable bonds is 11. The number of benzene rings is 3.